The second-order valence-corrected chi connectivity index (χ2v) is 4.93. The number of nitrogens with zero attached hydrogens (tertiary/aromatic N) is 2. The summed E-state index contributed by atoms with van der Waals surface area (Å²) in [5.41, 5.74) is 4.54. The molecule has 1 aromatic heterocycles. The monoisotopic (exact) mass is 262 g/mol. The molecule has 0 aliphatic heterocycles. The maximum atomic E-state index is 4.69. The molecule has 1 aromatic carbocycles. The Hall–Kier alpha value is -2.22. The molecule has 0 saturated carbocycles. The summed E-state index contributed by atoms with van der Waals surface area (Å²) < 4.78 is 0. The first-order valence-corrected chi connectivity index (χ1v) is 7.16. The normalized spacial score (nSPS) is 14.2. The average Bonchev–Trinajstić information content (AvgIpc) is 2.56. The lowest BCUT2D eigenvalue weighted by atomic mass is 10.0. The highest BCUT2D eigenvalue weighted by atomic mass is 14.9. The zero-order valence-electron chi connectivity index (χ0n) is 11.7. The van der Waals surface area contributed by atoms with Crippen LogP contribution in [-0.2, 0) is 6.42 Å². The molecule has 0 fully saturated rings. The summed E-state index contributed by atoms with van der Waals surface area (Å²) in [7, 11) is 0. The quantitative estimate of drug-likeness (QED) is 0.817. The van der Waals surface area contributed by atoms with Crippen molar-refractivity contribution in [3.05, 3.63) is 66.1 Å². The van der Waals surface area contributed by atoms with Gasteiger partial charge in [-0.3, -0.25) is 0 Å². The maximum Gasteiger partial charge on any atom is 0.129 e. The zero-order valence-corrected chi connectivity index (χ0v) is 11.7. The van der Waals surface area contributed by atoms with E-state index >= 15 is 0 Å². The summed E-state index contributed by atoms with van der Waals surface area (Å²) in [6.07, 6.45) is 9.50. The van der Waals surface area contributed by atoms with Gasteiger partial charge in [0.2, 0.25) is 0 Å². The molecule has 1 aliphatic carbocycles. The van der Waals surface area contributed by atoms with Crippen molar-refractivity contribution >= 4 is 5.57 Å². The van der Waals surface area contributed by atoms with Crippen molar-refractivity contribution in [3.63, 3.8) is 0 Å². The predicted octanol–water partition coefficient (Wildman–Crippen LogP) is 4.44. The lowest BCUT2D eigenvalue weighted by Gasteiger charge is -2.11. The van der Waals surface area contributed by atoms with Gasteiger partial charge in [0, 0.05) is 12.0 Å². The van der Waals surface area contributed by atoms with Crippen molar-refractivity contribution in [1.29, 1.82) is 0 Å². The van der Waals surface area contributed by atoms with Crippen LogP contribution in [0.5, 0.6) is 0 Å². The predicted molar refractivity (Wildman–Crippen MR) is 83.2 cm³/mol. The Morgan fingerprint density at radius 3 is 2.55 bits per heavy atom. The molecule has 2 nitrogen and oxygen atoms in total. The lowest BCUT2D eigenvalue weighted by Crippen LogP contribution is -2.01. The molecule has 100 valence electrons. The van der Waals surface area contributed by atoms with Crippen LogP contribution >= 0.6 is 0 Å². The van der Waals surface area contributed by atoms with Gasteiger partial charge in [0.15, 0.2) is 0 Å². The van der Waals surface area contributed by atoms with Crippen LogP contribution in [0.4, 0.5) is 0 Å². The van der Waals surface area contributed by atoms with Gasteiger partial charge in [-0.2, -0.15) is 0 Å². The van der Waals surface area contributed by atoms with Gasteiger partial charge in [-0.05, 0) is 24.5 Å². The number of aryl methyl sites for hydroxylation is 1. The van der Waals surface area contributed by atoms with E-state index in [1.54, 1.807) is 0 Å². The van der Waals surface area contributed by atoms with Crippen LogP contribution in [0.2, 0.25) is 0 Å². The minimum absolute atomic E-state index is 0.858. The van der Waals surface area contributed by atoms with E-state index in [4.69, 9.17) is 0 Å². The average molecular weight is 262 g/mol. The minimum atomic E-state index is 0.858. The minimum Gasteiger partial charge on any atom is -0.233 e. The van der Waals surface area contributed by atoms with Crippen molar-refractivity contribution in [1.82, 2.24) is 9.97 Å². The molecule has 3 rings (SSSR count). The Labute approximate surface area is 119 Å². The molecular formula is C18H18N2. The largest absolute Gasteiger partial charge is 0.233 e. The second-order valence-electron chi connectivity index (χ2n) is 4.93. The molecule has 0 N–H and O–H groups in total. The Morgan fingerprint density at radius 1 is 1.05 bits per heavy atom. The van der Waals surface area contributed by atoms with Gasteiger partial charge < -0.3 is 0 Å². The molecule has 20 heavy (non-hydrogen) atoms. The van der Waals surface area contributed by atoms with Crippen LogP contribution in [0.1, 0.15) is 31.3 Å². The van der Waals surface area contributed by atoms with Crippen molar-refractivity contribution in [2.24, 2.45) is 0 Å². The van der Waals surface area contributed by atoms with Gasteiger partial charge in [0.1, 0.15) is 5.82 Å². The van der Waals surface area contributed by atoms with Gasteiger partial charge in [-0.15, -0.1) is 0 Å². The van der Waals surface area contributed by atoms with E-state index in [-0.39, 0.29) is 0 Å². The van der Waals surface area contributed by atoms with Crippen LogP contribution in [0, 0.1) is 0 Å². The summed E-state index contributed by atoms with van der Waals surface area (Å²) >= 11 is 0. The lowest BCUT2D eigenvalue weighted by molar-refractivity contribution is 0.924. The molecule has 2 aromatic rings. The van der Waals surface area contributed by atoms with Gasteiger partial charge in [0.25, 0.3) is 0 Å². The third kappa shape index (κ3) is 2.69. The number of hydrogen-bond donors (Lipinski definition) is 0. The summed E-state index contributed by atoms with van der Waals surface area (Å²) in [4.78, 5) is 9.35. The Balaban J connectivity index is 2.08. The highest BCUT2D eigenvalue weighted by Crippen LogP contribution is 2.25. The zero-order chi connectivity index (χ0) is 13.8. The molecule has 0 amide bonds. The molecule has 2 heteroatoms. The second kappa shape index (κ2) is 5.83. The molecule has 0 saturated heterocycles. The first-order chi connectivity index (χ1) is 9.86. The summed E-state index contributed by atoms with van der Waals surface area (Å²) in [5.74, 6) is 0.914. The number of benzene rings is 1. The van der Waals surface area contributed by atoms with Crippen LogP contribution in [0.3, 0.4) is 0 Å². The van der Waals surface area contributed by atoms with E-state index in [1.807, 2.05) is 18.2 Å². The fraction of sp³-hybridized carbons (Fsp3) is 0.222. The van der Waals surface area contributed by atoms with Crippen LogP contribution in [0.15, 0.2) is 54.6 Å². The standard InChI is InChI=1S/C18H18N2/c1-2-18-19-16(14-9-5-3-6-10-14)13-17(20-18)15-11-7-4-8-12-15/h3-7,9-11,13H,2,8,12H2,1H3. The summed E-state index contributed by atoms with van der Waals surface area (Å²) in [6, 6.07) is 12.4. The summed E-state index contributed by atoms with van der Waals surface area (Å²) in [5, 5.41) is 0. The SMILES string of the molecule is CCc1nc(C2=CC=CCC2)cc(-c2ccccc2)n1. The molecule has 1 aliphatic rings. The molecule has 0 unspecified atom stereocenters. The van der Waals surface area contributed by atoms with Gasteiger partial charge in [0.05, 0.1) is 11.4 Å². The molecule has 0 bridgehead atoms. The number of aromatic nitrogens is 2. The third-order valence-corrected chi connectivity index (χ3v) is 3.50. The maximum absolute atomic E-state index is 4.69. The van der Waals surface area contributed by atoms with Crippen LogP contribution in [0.25, 0.3) is 16.8 Å². The third-order valence-electron chi connectivity index (χ3n) is 3.50. The number of hydrogen-bond acceptors (Lipinski definition) is 2. The van der Waals surface area contributed by atoms with E-state index in [0.717, 1.165) is 42.0 Å². The Kier molecular flexibility index (Phi) is 3.73. The van der Waals surface area contributed by atoms with Gasteiger partial charge >= 0.3 is 0 Å². The molecule has 0 atom stereocenters. The van der Waals surface area contributed by atoms with Crippen molar-refractivity contribution in [3.8, 4) is 11.3 Å². The highest BCUT2D eigenvalue weighted by molar-refractivity contribution is 5.70. The smallest absolute Gasteiger partial charge is 0.129 e. The van der Waals surface area contributed by atoms with Gasteiger partial charge in [-0.1, -0.05) is 55.5 Å². The molecule has 1 heterocycles. The van der Waals surface area contributed by atoms with Crippen molar-refractivity contribution in [2.45, 2.75) is 26.2 Å². The fourth-order valence-electron chi connectivity index (χ4n) is 2.39. The van der Waals surface area contributed by atoms with E-state index in [9.17, 15) is 0 Å². The van der Waals surface area contributed by atoms with Gasteiger partial charge in [-0.25, -0.2) is 9.97 Å². The Morgan fingerprint density at radius 2 is 1.85 bits per heavy atom. The molecular weight excluding hydrogens is 244 g/mol. The van der Waals surface area contributed by atoms with Crippen molar-refractivity contribution in [2.75, 3.05) is 0 Å². The topological polar surface area (TPSA) is 25.8 Å². The van der Waals surface area contributed by atoms with E-state index in [2.05, 4.69) is 53.3 Å². The number of rotatable bonds is 3. The van der Waals surface area contributed by atoms with E-state index in [1.165, 1.54) is 5.57 Å². The molecule has 0 spiro atoms. The van der Waals surface area contributed by atoms with Crippen molar-refractivity contribution < 1.29 is 0 Å². The first kappa shape index (κ1) is 12.8. The fourth-order valence-corrected chi connectivity index (χ4v) is 2.39. The van der Waals surface area contributed by atoms with Crippen LogP contribution in [-0.4, -0.2) is 9.97 Å². The van der Waals surface area contributed by atoms with E-state index < -0.39 is 0 Å². The van der Waals surface area contributed by atoms with Crippen LogP contribution < -0.4 is 0 Å². The summed E-state index contributed by atoms with van der Waals surface area (Å²) in [6.45, 7) is 2.10. The highest BCUT2D eigenvalue weighted by Gasteiger charge is 2.10. The number of allylic oxidation sites excluding steroid dienone is 4. The Bertz CT molecular complexity index is 654. The molecule has 0 radical (unpaired) electrons. The first-order valence-electron chi connectivity index (χ1n) is 7.16. The van der Waals surface area contributed by atoms with E-state index in [0.29, 0.717) is 0 Å².